The maximum absolute atomic E-state index is 12.2. The molecule has 7 heteroatoms. The molecular weight excluding hydrogens is 372 g/mol. The Morgan fingerprint density at radius 3 is 3.00 bits per heavy atom. The van der Waals surface area contributed by atoms with E-state index in [1.807, 2.05) is 16.9 Å². The highest BCUT2D eigenvalue weighted by atomic mass is 79.9. The van der Waals surface area contributed by atoms with Gasteiger partial charge in [0.05, 0.1) is 12.8 Å². The molecule has 6 nitrogen and oxygen atoms in total. The van der Waals surface area contributed by atoms with E-state index in [1.54, 1.807) is 0 Å². The summed E-state index contributed by atoms with van der Waals surface area (Å²) in [6.45, 7) is 4.22. The summed E-state index contributed by atoms with van der Waals surface area (Å²) in [6, 6.07) is 5.91. The molecule has 0 radical (unpaired) electrons. The first-order chi connectivity index (χ1) is 11.6. The van der Waals surface area contributed by atoms with Crippen molar-refractivity contribution < 1.29 is 9.53 Å². The molecule has 0 saturated heterocycles. The first-order valence-electron chi connectivity index (χ1n) is 8.09. The predicted octanol–water partition coefficient (Wildman–Crippen LogP) is 2.55. The van der Waals surface area contributed by atoms with Crippen molar-refractivity contribution in [1.82, 2.24) is 19.9 Å². The van der Waals surface area contributed by atoms with Crippen LogP contribution in [-0.2, 0) is 35.6 Å². The monoisotopic (exact) mass is 392 g/mol. The lowest BCUT2D eigenvalue weighted by atomic mass is 9.94. The van der Waals surface area contributed by atoms with Crippen molar-refractivity contribution >= 4 is 21.9 Å². The highest BCUT2D eigenvalue weighted by Crippen LogP contribution is 2.27. The SMILES string of the molecule is CCCn1cc(CN2Cc3cc(Br)ccc3CC2C(=O)OC)nn1. The minimum absolute atomic E-state index is 0.204. The second kappa shape index (κ2) is 7.44. The van der Waals surface area contributed by atoms with Crippen LogP contribution in [0.2, 0.25) is 0 Å². The molecule has 2 aromatic rings. The van der Waals surface area contributed by atoms with E-state index in [9.17, 15) is 4.79 Å². The van der Waals surface area contributed by atoms with Crippen LogP contribution in [0, 0.1) is 0 Å². The van der Waals surface area contributed by atoms with Gasteiger partial charge in [0.1, 0.15) is 6.04 Å². The highest BCUT2D eigenvalue weighted by Gasteiger charge is 2.32. The van der Waals surface area contributed by atoms with Gasteiger partial charge in [-0.25, -0.2) is 0 Å². The molecule has 0 fully saturated rings. The molecule has 0 N–H and O–H groups in total. The number of carbonyl (C=O) groups is 1. The fourth-order valence-corrected chi connectivity index (χ4v) is 3.51. The van der Waals surface area contributed by atoms with Gasteiger partial charge in [0, 0.05) is 30.3 Å². The van der Waals surface area contributed by atoms with Crippen molar-refractivity contribution in [2.24, 2.45) is 0 Å². The molecule has 0 saturated carbocycles. The third-order valence-electron chi connectivity index (χ3n) is 4.27. The van der Waals surface area contributed by atoms with E-state index in [1.165, 1.54) is 18.2 Å². The average Bonchev–Trinajstić information content (AvgIpc) is 3.01. The first kappa shape index (κ1) is 17.1. The molecule has 1 aromatic heterocycles. The van der Waals surface area contributed by atoms with Crippen LogP contribution in [0.15, 0.2) is 28.9 Å². The predicted molar refractivity (Wildman–Crippen MR) is 93.2 cm³/mol. The number of halogens is 1. The Kier molecular flexibility index (Phi) is 5.30. The van der Waals surface area contributed by atoms with Gasteiger partial charge in [0.25, 0.3) is 0 Å². The van der Waals surface area contributed by atoms with E-state index in [0.717, 1.165) is 23.1 Å². The smallest absolute Gasteiger partial charge is 0.323 e. The number of esters is 1. The number of hydrogen-bond donors (Lipinski definition) is 0. The molecule has 1 aliphatic heterocycles. The number of rotatable bonds is 5. The molecule has 2 heterocycles. The minimum Gasteiger partial charge on any atom is -0.468 e. The van der Waals surface area contributed by atoms with E-state index < -0.39 is 0 Å². The third kappa shape index (κ3) is 3.67. The molecule has 0 amide bonds. The Balaban J connectivity index is 1.83. The molecule has 24 heavy (non-hydrogen) atoms. The zero-order chi connectivity index (χ0) is 17.1. The van der Waals surface area contributed by atoms with Crippen LogP contribution >= 0.6 is 15.9 Å². The number of methoxy groups -OCH3 is 1. The van der Waals surface area contributed by atoms with Gasteiger partial charge in [-0.2, -0.15) is 0 Å². The molecule has 0 bridgehead atoms. The molecular formula is C17H21BrN4O2. The zero-order valence-electron chi connectivity index (χ0n) is 13.9. The Morgan fingerprint density at radius 2 is 2.25 bits per heavy atom. The molecule has 1 aliphatic rings. The van der Waals surface area contributed by atoms with Gasteiger partial charge in [-0.1, -0.05) is 34.1 Å². The summed E-state index contributed by atoms with van der Waals surface area (Å²) in [5, 5.41) is 8.37. The van der Waals surface area contributed by atoms with Crippen molar-refractivity contribution in [2.45, 2.75) is 45.4 Å². The maximum atomic E-state index is 12.2. The maximum Gasteiger partial charge on any atom is 0.323 e. The van der Waals surface area contributed by atoms with E-state index in [2.05, 4.69) is 50.2 Å². The molecule has 0 aliphatic carbocycles. The largest absolute Gasteiger partial charge is 0.468 e. The van der Waals surface area contributed by atoms with Crippen molar-refractivity contribution in [1.29, 1.82) is 0 Å². The molecule has 3 rings (SSSR count). The molecule has 1 atom stereocenters. The molecule has 0 spiro atoms. The van der Waals surface area contributed by atoms with Crippen LogP contribution < -0.4 is 0 Å². The summed E-state index contributed by atoms with van der Waals surface area (Å²) in [5.41, 5.74) is 3.29. The highest BCUT2D eigenvalue weighted by molar-refractivity contribution is 9.10. The molecule has 128 valence electrons. The summed E-state index contributed by atoms with van der Waals surface area (Å²) in [6.07, 6.45) is 3.62. The lowest BCUT2D eigenvalue weighted by Gasteiger charge is -2.34. The molecule has 1 unspecified atom stereocenters. The Bertz CT molecular complexity index is 731. The normalized spacial score (nSPS) is 17.5. The summed E-state index contributed by atoms with van der Waals surface area (Å²) in [7, 11) is 1.44. The second-order valence-corrected chi connectivity index (χ2v) is 6.95. The Morgan fingerprint density at radius 1 is 1.42 bits per heavy atom. The van der Waals surface area contributed by atoms with Crippen molar-refractivity contribution in [2.75, 3.05) is 7.11 Å². The summed E-state index contributed by atoms with van der Waals surface area (Å²) in [4.78, 5) is 14.3. The van der Waals surface area contributed by atoms with Crippen molar-refractivity contribution in [3.63, 3.8) is 0 Å². The first-order valence-corrected chi connectivity index (χ1v) is 8.88. The number of ether oxygens (including phenoxy) is 1. The number of benzene rings is 1. The summed E-state index contributed by atoms with van der Waals surface area (Å²) >= 11 is 3.52. The number of fused-ring (bicyclic) bond motifs is 1. The van der Waals surface area contributed by atoms with Gasteiger partial charge in [-0.3, -0.25) is 14.4 Å². The van der Waals surface area contributed by atoms with Crippen LogP contribution in [0.1, 0.15) is 30.2 Å². The second-order valence-electron chi connectivity index (χ2n) is 6.03. The van der Waals surface area contributed by atoms with E-state index >= 15 is 0 Å². The van der Waals surface area contributed by atoms with E-state index in [-0.39, 0.29) is 12.0 Å². The van der Waals surface area contributed by atoms with Crippen molar-refractivity contribution in [3.05, 3.63) is 45.7 Å². The number of nitrogens with zero attached hydrogens (tertiary/aromatic N) is 4. The fraction of sp³-hybridized carbons (Fsp3) is 0.471. The van der Waals surface area contributed by atoms with Crippen LogP contribution in [0.3, 0.4) is 0 Å². The van der Waals surface area contributed by atoms with Gasteiger partial charge in [0.2, 0.25) is 0 Å². The average molecular weight is 393 g/mol. The van der Waals surface area contributed by atoms with Gasteiger partial charge in [0.15, 0.2) is 0 Å². The standard InChI is InChI=1S/C17H21BrN4O2/c1-3-6-22-11-15(19-20-22)10-21-9-13-7-14(18)5-4-12(13)8-16(21)17(23)24-2/h4-5,7,11,16H,3,6,8-10H2,1-2H3. The van der Waals surface area contributed by atoms with Gasteiger partial charge in [-0.05, 0) is 36.1 Å². The van der Waals surface area contributed by atoms with Gasteiger partial charge in [-0.15, -0.1) is 5.10 Å². The zero-order valence-corrected chi connectivity index (χ0v) is 15.5. The lowest BCUT2D eigenvalue weighted by molar-refractivity contribution is -0.148. The Hall–Kier alpha value is -1.73. The molecule has 1 aromatic carbocycles. The quantitative estimate of drug-likeness (QED) is 0.731. The van der Waals surface area contributed by atoms with Crippen LogP contribution in [0.5, 0.6) is 0 Å². The summed E-state index contributed by atoms with van der Waals surface area (Å²) in [5.74, 6) is -0.204. The van der Waals surface area contributed by atoms with Gasteiger partial charge < -0.3 is 4.74 Å². The third-order valence-corrected chi connectivity index (χ3v) is 4.77. The Labute approximate surface area is 149 Å². The van der Waals surface area contributed by atoms with Gasteiger partial charge >= 0.3 is 5.97 Å². The topological polar surface area (TPSA) is 60.2 Å². The van der Waals surface area contributed by atoms with Crippen LogP contribution in [0.25, 0.3) is 0 Å². The van der Waals surface area contributed by atoms with Crippen molar-refractivity contribution in [3.8, 4) is 0 Å². The lowest BCUT2D eigenvalue weighted by Crippen LogP contribution is -2.45. The van der Waals surface area contributed by atoms with Crippen LogP contribution in [0.4, 0.5) is 0 Å². The number of aromatic nitrogens is 3. The van der Waals surface area contributed by atoms with E-state index in [0.29, 0.717) is 19.5 Å². The minimum atomic E-state index is -0.292. The number of hydrogen-bond acceptors (Lipinski definition) is 5. The number of aryl methyl sites for hydroxylation is 1. The number of carbonyl (C=O) groups excluding carboxylic acids is 1. The van der Waals surface area contributed by atoms with Crippen LogP contribution in [-0.4, -0.2) is 39.0 Å². The van der Waals surface area contributed by atoms with E-state index in [4.69, 9.17) is 4.74 Å². The summed E-state index contributed by atoms with van der Waals surface area (Å²) < 4.78 is 7.90. The fourth-order valence-electron chi connectivity index (χ4n) is 3.10.